The van der Waals surface area contributed by atoms with E-state index < -0.39 is 5.54 Å². The zero-order valence-electron chi connectivity index (χ0n) is 6.64. The molecule has 0 aliphatic carbocycles. The van der Waals surface area contributed by atoms with Crippen molar-refractivity contribution in [2.45, 2.75) is 18.4 Å². The van der Waals surface area contributed by atoms with E-state index in [1.165, 1.54) is 0 Å². The van der Waals surface area contributed by atoms with E-state index in [-0.39, 0.29) is 3.79 Å². The molecule has 1 aliphatic rings. The molecule has 0 saturated carbocycles. The SMILES string of the molecule is CN1CCC(N)(C(=O)I)CC1. The van der Waals surface area contributed by atoms with Crippen LogP contribution in [0.3, 0.4) is 0 Å². The fourth-order valence-corrected chi connectivity index (χ4v) is 1.75. The molecule has 3 nitrogen and oxygen atoms in total. The van der Waals surface area contributed by atoms with Crippen molar-refractivity contribution in [3.05, 3.63) is 0 Å². The van der Waals surface area contributed by atoms with Gasteiger partial charge in [-0.25, -0.2) is 0 Å². The zero-order chi connectivity index (χ0) is 8.48. The van der Waals surface area contributed by atoms with E-state index in [0.717, 1.165) is 25.9 Å². The predicted octanol–water partition coefficient (Wildman–Crippen LogP) is 0.371. The Morgan fingerprint density at radius 3 is 2.36 bits per heavy atom. The average Bonchev–Trinajstić information content (AvgIpc) is 1.95. The Hall–Kier alpha value is 0.320. The number of carbonyl (C=O) groups excluding carboxylic acids is 1. The van der Waals surface area contributed by atoms with Gasteiger partial charge in [0.1, 0.15) is 0 Å². The van der Waals surface area contributed by atoms with Crippen molar-refractivity contribution < 1.29 is 4.79 Å². The van der Waals surface area contributed by atoms with Crippen LogP contribution in [0.1, 0.15) is 12.8 Å². The van der Waals surface area contributed by atoms with Crippen molar-refractivity contribution in [3.8, 4) is 0 Å². The third-order valence-electron chi connectivity index (χ3n) is 2.27. The lowest BCUT2D eigenvalue weighted by Crippen LogP contribution is -2.53. The van der Waals surface area contributed by atoms with E-state index in [0.29, 0.717) is 0 Å². The van der Waals surface area contributed by atoms with Gasteiger partial charge in [0.15, 0.2) is 0 Å². The predicted molar refractivity (Wildman–Crippen MR) is 52.7 cm³/mol. The molecule has 0 spiro atoms. The zero-order valence-corrected chi connectivity index (χ0v) is 8.80. The molecule has 0 unspecified atom stereocenters. The van der Waals surface area contributed by atoms with Gasteiger partial charge in [0.2, 0.25) is 3.79 Å². The maximum atomic E-state index is 11.1. The molecule has 0 radical (unpaired) electrons. The minimum atomic E-state index is -0.535. The molecule has 64 valence electrons. The highest BCUT2D eigenvalue weighted by Crippen LogP contribution is 2.21. The standard InChI is InChI=1S/C7H13IN2O/c1-10-4-2-7(9,3-5-10)6(8)11/h2-5,9H2,1H3. The van der Waals surface area contributed by atoms with Crippen LogP contribution in [0, 0.1) is 0 Å². The summed E-state index contributed by atoms with van der Waals surface area (Å²) in [7, 11) is 2.05. The molecule has 0 atom stereocenters. The summed E-state index contributed by atoms with van der Waals surface area (Å²) < 4.78 is 0.100. The quantitative estimate of drug-likeness (QED) is 0.552. The molecule has 1 fully saturated rings. The largest absolute Gasteiger partial charge is 0.318 e. The van der Waals surface area contributed by atoms with Gasteiger partial charge in [-0.1, -0.05) is 0 Å². The van der Waals surface area contributed by atoms with Crippen LogP contribution in [0.15, 0.2) is 0 Å². The summed E-state index contributed by atoms with van der Waals surface area (Å²) >= 11 is 1.80. The van der Waals surface area contributed by atoms with Gasteiger partial charge in [-0.05, 0) is 19.9 Å². The maximum absolute atomic E-state index is 11.1. The summed E-state index contributed by atoms with van der Waals surface area (Å²) in [6.45, 7) is 1.87. The molecule has 0 bridgehead atoms. The number of nitrogens with zero attached hydrogens (tertiary/aromatic N) is 1. The number of hydrogen-bond donors (Lipinski definition) is 1. The lowest BCUT2D eigenvalue weighted by Gasteiger charge is -2.34. The normalized spacial score (nSPS) is 25.0. The smallest absolute Gasteiger partial charge is 0.212 e. The number of halogens is 1. The first kappa shape index (κ1) is 9.41. The monoisotopic (exact) mass is 268 g/mol. The first-order valence-corrected chi connectivity index (χ1v) is 4.80. The van der Waals surface area contributed by atoms with E-state index in [9.17, 15) is 4.79 Å². The number of nitrogens with two attached hydrogens (primary N) is 1. The second-order valence-electron chi connectivity index (χ2n) is 3.23. The fraction of sp³-hybridized carbons (Fsp3) is 0.857. The molecular formula is C7H13IN2O. The Morgan fingerprint density at radius 2 is 2.00 bits per heavy atom. The van der Waals surface area contributed by atoms with Crippen LogP contribution in [0.2, 0.25) is 0 Å². The summed E-state index contributed by atoms with van der Waals surface area (Å²) in [5.41, 5.74) is 5.35. The second kappa shape index (κ2) is 3.37. The van der Waals surface area contributed by atoms with Crippen LogP contribution in [0.4, 0.5) is 0 Å². The van der Waals surface area contributed by atoms with Crippen LogP contribution < -0.4 is 5.73 Å². The molecular weight excluding hydrogens is 255 g/mol. The van der Waals surface area contributed by atoms with Gasteiger partial charge in [-0.15, -0.1) is 0 Å². The Bertz CT molecular complexity index is 164. The topological polar surface area (TPSA) is 46.3 Å². The molecule has 1 rings (SSSR count). The van der Waals surface area contributed by atoms with Crippen LogP contribution in [0.25, 0.3) is 0 Å². The van der Waals surface area contributed by atoms with E-state index >= 15 is 0 Å². The number of likely N-dealkylation sites (tertiary alicyclic amines) is 1. The van der Waals surface area contributed by atoms with Crippen LogP contribution in [-0.4, -0.2) is 34.4 Å². The van der Waals surface area contributed by atoms with Gasteiger partial charge in [-0.3, -0.25) is 4.79 Å². The van der Waals surface area contributed by atoms with Crippen LogP contribution in [-0.2, 0) is 4.79 Å². The molecule has 1 heterocycles. The molecule has 1 saturated heterocycles. The number of carbonyl (C=O) groups is 1. The van der Waals surface area contributed by atoms with Crippen molar-refractivity contribution >= 4 is 26.4 Å². The summed E-state index contributed by atoms with van der Waals surface area (Å²) in [6, 6.07) is 0. The van der Waals surface area contributed by atoms with Crippen LogP contribution >= 0.6 is 22.6 Å². The molecule has 0 aromatic carbocycles. The van der Waals surface area contributed by atoms with E-state index in [1.54, 1.807) is 22.6 Å². The minimum absolute atomic E-state index is 0.100. The summed E-state index contributed by atoms with van der Waals surface area (Å²) in [5.74, 6) is 0. The average molecular weight is 268 g/mol. The minimum Gasteiger partial charge on any atom is -0.318 e. The Morgan fingerprint density at radius 1 is 1.55 bits per heavy atom. The van der Waals surface area contributed by atoms with Gasteiger partial charge in [-0.2, -0.15) is 0 Å². The first-order chi connectivity index (χ1) is 5.04. The van der Waals surface area contributed by atoms with Crippen molar-refractivity contribution in [1.29, 1.82) is 0 Å². The van der Waals surface area contributed by atoms with Crippen LogP contribution in [0.5, 0.6) is 0 Å². The molecule has 11 heavy (non-hydrogen) atoms. The highest BCUT2D eigenvalue weighted by molar-refractivity contribution is 14.1. The van der Waals surface area contributed by atoms with Gasteiger partial charge in [0.05, 0.1) is 5.54 Å². The summed E-state index contributed by atoms with van der Waals surface area (Å²) in [4.78, 5) is 13.3. The molecule has 0 amide bonds. The van der Waals surface area contributed by atoms with E-state index in [4.69, 9.17) is 5.73 Å². The summed E-state index contributed by atoms with van der Waals surface area (Å²) in [5, 5.41) is 0. The number of rotatable bonds is 1. The first-order valence-electron chi connectivity index (χ1n) is 3.72. The fourth-order valence-electron chi connectivity index (χ4n) is 1.21. The van der Waals surface area contributed by atoms with Gasteiger partial charge < -0.3 is 10.6 Å². The van der Waals surface area contributed by atoms with Gasteiger partial charge in [0, 0.05) is 35.7 Å². The molecule has 1 aliphatic heterocycles. The number of piperidine rings is 1. The van der Waals surface area contributed by atoms with E-state index in [2.05, 4.69) is 11.9 Å². The van der Waals surface area contributed by atoms with Gasteiger partial charge >= 0.3 is 0 Å². The molecule has 2 N–H and O–H groups in total. The van der Waals surface area contributed by atoms with Crippen molar-refractivity contribution in [1.82, 2.24) is 4.90 Å². The Labute approximate surface area is 80.4 Å². The van der Waals surface area contributed by atoms with Crippen molar-refractivity contribution in [2.75, 3.05) is 20.1 Å². The summed E-state index contributed by atoms with van der Waals surface area (Å²) in [6.07, 6.45) is 1.59. The molecule has 4 heteroatoms. The van der Waals surface area contributed by atoms with E-state index in [1.807, 2.05) is 0 Å². The lowest BCUT2D eigenvalue weighted by molar-refractivity contribution is -0.115. The van der Waals surface area contributed by atoms with Gasteiger partial charge in [0.25, 0.3) is 0 Å². The highest BCUT2D eigenvalue weighted by Gasteiger charge is 2.34. The molecule has 0 aromatic rings. The van der Waals surface area contributed by atoms with Crippen molar-refractivity contribution in [2.24, 2.45) is 5.73 Å². The third kappa shape index (κ3) is 2.13. The number of hydrogen-bond acceptors (Lipinski definition) is 3. The maximum Gasteiger partial charge on any atom is 0.212 e. The third-order valence-corrected chi connectivity index (χ3v) is 3.34. The lowest BCUT2D eigenvalue weighted by atomic mass is 9.91. The molecule has 0 aromatic heterocycles. The van der Waals surface area contributed by atoms with Crippen molar-refractivity contribution in [3.63, 3.8) is 0 Å². The Kier molecular flexibility index (Phi) is 2.88. The second-order valence-corrected chi connectivity index (χ2v) is 4.21. The highest BCUT2D eigenvalue weighted by atomic mass is 127. The Balaban J connectivity index is 2.55.